The molecular formula is C9H5F2NO3. The van der Waals surface area contributed by atoms with Gasteiger partial charge in [-0.25, -0.2) is 9.78 Å². The molecule has 2 aromatic rings. The summed E-state index contributed by atoms with van der Waals surface area (Å²) in [5.74, 6) is -1.99. The van der Waals surface area contributed by atoms with Crippen LogP contribution in [0.2, 0.25) is 0 Å². The number of hydrogen-bond acceptors (Lipinski definition) is 3. The number of hydrogen-bond donors (Lipinski definition) is 1. The topological polar surface area (TPSA) is 63.3 Å². The van der Waals surface area contributed by atoms with Gasteiger partial charge in [0.2, 0.25) is 0 Å². The summed E-state index contributed by atoms with van der Waals surface area (Å²) in [6.07, 6.45) is -2.85. The molecule has 2 rings (SSSR count). The highest BCUT2D eigenvalue weighted by Crippen LogP contribution is 2.25. The first-order valence-electron chi connectivity index (χ1n) is 4.00. The van der Waals surface area contributed by atoms with Gasteiger partial charge >= 0.3 is 12.4 Å². The first kappa shape index (κ1) is 9.57. The molecule has 0 atom stereocenters. The van der Waals surface area contributed by atoms with Crippen LogP contribution in [0.4, 0.5) is 8.78 Å². The van der Waals surface area contributed by atoms with E-state index in [0.29, 0.717) is 0 Å². The molecule has 0 aliphatic carbocycles. The van der Waals surface area contributed by atoms with E-state index < -0.39 is 18.3 Å². The quantitative estimate of drug-likeness (QED) is 0.832. The van der Waals surface area contributed by atoms with Crippen molar-refractivity contribution in [1.29, 1.82) is 0 Å². The van der Waals surface area contributed by atoms with Gasteiger partial charge in [0.1, 0.15) is 5.52 Å². The summed E-state index contributed by atoms with van der Waals surface area (Å²) in [6.45, 7) is 0. The second-order valence-electron chi connectivity index (χ2n) is 2.81. The highest BCUT2D eigenvalue weighted by atomic mass is 19.3. The van der Waals surface area contributed by atoms with E-state index in [2.05, 4.69) is 4.98 Å². The molecular weight excluding hydrogens is 208 g/mol. The highest BCUT2D eigenvalue weighted by molar-refractivity contribution is 6.00. The summed E-state index contributed by atoms with van der Waals surface area (Å²) in [7, 11) is 0. The zero-order valence-electron chi connectivity index (χ0n) is 7.28. The van der Waals surface area contributed by atoms with Gasteiger partial charge in [0.15, 0.2) is 5.58 Å². The minimum absolute atomic E-state index is 0.0465. The fourth-order valence-corrected chi connectivity index (χ4v) is 1.23. The Hall–Kier alpha value is -1.98. The number of alkyl halides is 2. The van der Waals surface area contributed by atoms with E-state index in [-0.39, 0.29) is 16.7 Å². The van der Waals surface area contributed by atoms with Crippen LogP contribution in [0.15, 0.2) is 22.6 Å². The summed E-state index contributed by atoms with van der Waals surface area (Å²) in [6, 6.07) is 4.08. The molecule has 1 aromatic carbocycles. The number of aromatic carboxylic acids is 1. The predicted octanol–water partition coefficient (Wildman–Crippen LogP) is 2.46. The maximum Gasteiger partial charge on any atom is 0.338 e. The molecule has 0 saturated carbocycles. The lowest BCUT2D eigenvalue weighted by molar-refractivity contribution is 0.0698. The van der Waals surface area contributed by atoms with Gasteiger partial charge in [-0.15, -0.1) is 0 Å². The van der Waals surface area contributed by atoms with Crippen molar-refractivity contribution in [3.63, 3.8) is 0 Å². The predicted molar refractivity (Wildman–Crippen MR) is 45.9 cm³/mol. The van der Waals surface area contributed by atoms with E-state index in [9.17, 15) is 13.6 Å². The highest BCUT2D eigenvalue weighted by Gasteiger charge is 2.19. The number of para-hydroxylation sites is 1. The van der Waals surface area contributed by atoms with E-state index in [4.69, 9.17) is 9.52 Å². The van der Waals surface area contributed by atoms with Gasteiger partial charge < -0.3 is 9.52 Å². The Kier molecular flexibility index (Phi) is 2.11. The van der Waals surface area contributed by atoms with Gasteiger partial charge in [-0.3, -0.25) is 0 Å². The van der Waals surface area contributed by atoms with Crippen molar-refractivity contribution in [3.05, 3.63) is 29.7 Å². The Bertz CT molecular complexity index is 521. The van der Waals surface area contributed by atoms with E-state index in [1.165, 1.54) is 18.2 Å². The number of carboxylic acid groups (broad SMARTS) is 1. The molecule has 78 valence electrons. The Morgan fingerprint density at radius 2 is 2.20 bits per heavy atom. The van der Waals surface area contributed by atoms with Gasteiger partial charge in [0.05, 0.1) is 5.56 Å². The first-order chi connectivity index (χ1) is 7.09. The lowest BCUT2D eigenvalue weighted by Crippen LogP contribution is -1.96. The Morgan fingerprint density at radius 1 is 1.47 bits per heavy atom. The molecule has 0 unspecified atom stereocenters. The molecule has 0 fully saturated rings. The summed E-state index contributed by atoms with van der Waals surface area (Å²) in [5.41, 5.74) is -0.159. The van der Waals surface area contributed by atoms with Crippen LogP contribution in [0.1, 0.15) is 22.7 Å². The molecule has 0 aliphatic heterocycles. The zero-order chi connectivity index (χ0) is 11.0. The van der Waals surface area contributed by atoms with Gasteiger partial charge in [0.25, 0.3) is 5.89 Å². The largest absolute Gasteiger partial charge is 0.478 e. The van der Waals surface area contributed by atoms with Crippen LogP contribution >= 0.6 is 0 Å². The minimum atomic E-state index is -2.85. The van der Waals surface area contributed by atoms with Crippen LogP contribution in [0.3, 0.4) is 0 Å². The fourth-order valence-electron chi connectivity index (χ4n) is 1.23. The van der Waals surface area contributed by atoms with Crippen molar-refractivity contribution in [2.45, 2.75) is 6.43 Å². The number of rotatable bonds is 2. The Morgan fingerprint density at radius 3 is 2.80 bits per heavy atom. The third-order valence-electron chi connectivity index (χ3n) is 1.85. The number of nitrogens with zero attached hydrogens (tertiary/aromatic N) is 1. The average molecular weight is 213 g/mol. The summed E-state index contributed by atoms with van der Waals surface area (Å²) < 4.78 is 29.2. The summed E-state index contributed by atoms with van der Waals surface area (Å²) >= 11 is 0. The van der Waals surface area contributed by atoms with Crippen LogP contribution in [0.5, 0.6) is 0 Å². The van der Waals surface area contributed by atoms with Crippen molar-refractivity contribution < 1.29 is 23.1 Å². The number of benzene rings is 1. The van der Waals surface area contributed by atoms with Crippen molar-refractivity contribution in [2.75, 3.05) is 0 Å². The number of fused-ring (bicyclic) bond motifs is 1. The van der Waals surface area contributed by atoms with Crippen molar-refractivity contribution in [1.82, 2.24) is 4.98 Å². The van der Waals surface area contributed by atoms with E-state index in [0.717, 1.165) is 0 Å². The third-order valence-corrected chi connectivity index (χ3v) is 1.85. The van der Waals surface area contributed by atoms with Gasteiger partial charge in [0, 0.05) is 0 Å². The Labute approximate surface area is 82.1 Å². The van der Waals surface area contributed by atoms with Gasteiger partial charge in [-0.1, -0.05) is 6.07 Å². The molecule has 0 radical (unpaired) electrons. The van der Waals surface area contributed by atoms with E-state index in [1.807, 2.05) is 0 Å². The van der Waals surface area contributed by atoms with Crippen molar-refractivity contribution in [2.24, 2.45) is 0 Å². The zero-order valence-corrected chi connectivity index (χ0v) is 7.28. The van der Waals surface area contributed by atoms with Gasteiger partial charge in [-0.2, -0.15) is 8.78 Å². The standard InChI is InChI=1S/C9H5F2NO3/c10-7(11)8-12-6-4(9(13)14)2-1-3-5(6)15-8/h1-3,7H,(H,13,14). The molecule has 0 bridgehead atoms. The molecule has 1 aromatic heterocycles. The van der Waals surface area contributed by atoms with E-state index >= 15 is 0 Å². The molecule has 1 heterocycles. The van der Waals surface area contributed by atoms with Gasteiger partial charge in [-0.05, 0) is 12.1 Å². The first-order valence-corrected chi connectivity index (χ1v) is 4.00. The minimum Gasteiger partial charge on any atom is -0.478 e. The number of aromatic nitrogens is 1. The number of oxazole rings is 1. The molecule has 15 heavy (non-hydrogen) atoms. The SMILES string of the molecule is O=C(O)c1cccc2oc(C(F)F)nc12. The second-order valence-corrected chi connectivity index (χ2v) is 2.81. The molecule has 6 heteroatoms. The monoisotopic (exact) mass is 213 g/mol. The molecule has 0 spiro atoms. The summed E-state index contributed by atoms with van der Waals surface area (Å²) in [5, 5.41) is 8.76. The number of carboxylic acids is 1. The molecule has 1 N–H and O–H groups in total. The van der Waals surface area contributed by atoms with E-state index in [1.54, 1.807) is 0 Å². The number of halogens is 2. The lowest BCUT2D eigenvalue weighted by atomic mass is 10.2. The smallest absolute Gasteiger partial charge is 0.338 e. The number of carbonyl (C=O) groups is 1. The maximum absolute atomic E-state index is 12.2. The van der Waals surface area contributed by atoms with Crippen LogP contribution < -0.4 is 0 Å². The summed E-state index contributed by atoms with van der Waals surface area (Å²) in [4.78, 5) is 14.2. The molecule has 0 saturated heterocycles. The Balaban J connectivity index is 2.70. The average Bonchev–Trinajstić information content (AvgIpc) is 2.60. The maximum atomic E-state index is 12.2. The normalized spacial score (nSPS) is 11.1. The van der Waals surface area contributed by atoms with Crippen LogP contribution in [0, 0.1) is 0 Å². The lowest BCUT2D eigenvalue weighted by Gasteiger charge is -1.92. The molecule has 0 aliphatic rings. The second kappa shape index (κ2) is 3.30. The third kappa shape index (κ3) is 1.54. The van der Waals surface area contributed by atoms with Crippen molar-refractivity contribution >= 4 is 17.1 Å². The van der Waals surface area contributed by atoms with Crippen LogP contribution in [-0.2, 0) is 0 Å². The van der Waals surface area contributed by atoms with Crippen molar-refractivity contribution in [3.8, 4) is 0 Å². The molecule has 4 nitrogen and oxygen atoms in total. The fraction of sp³-hybridized carbons (Fsp3) is 0.111. The van der Waals surface area contributed by atoms with Crippen LogP contribution in [-0.4, -0.2) is 16.1 Å². The molecule has 0 amide bonds. The van der Waals surface area contributed by atoms with Crippen LogP contribution in [0.25, 0.3) is 11.1 Å².